The molecule has 0 atom stereocenters. The van der Waals surface area contributed by atoms with Crippen LogP contribution in [0.15, 0.2) is 24.4 Å². The molecular weight excluding hydrogens is 220 g/mol. The highest BCUT2D eigenvalue weighted by Crippen LogP contribution is 2.27. The molecule has 1 heterocycles. The molecule has 0 aliphatic heterocycles. The summed E-state index contributed by atoms with van der Waals surface area (Å²) in [7, 11) is 3.40. The molecule has 0 bridgehead atoms. The van der Waals surface area contributed by atoms with Gasteiger partial charge in [0.1, 0.15) is 23.8 Å². The number of aromatic nitrogens is 3. The third-order valence-corrected chi connectivity index (χ3v) is 2.25. The molecule has 6 nitrogen and oxygen atoms in total. The van der Waals surface area contributed by atoms with E-state index in [1.54, 1.807) is 43.2 Å². The quantitative estimate of drug-likeness (QED) is 0.798. The van der Waals surface area contributed by atoms with Crippen LogP contribution >= 0.6 is 0 Å². The summed E-state index contributed by atoms with van der Waals surface area (Å²) in [6.45, 7) is 0.325. The fraction of sp³-hybridized carbons (Fsp3) is 0.273. The summed E-state index contributed by atoms with van der Waals surface area (Å²) >= 11 is 0. The van der Waals surface area contributed by atoms with Gasteiger partial charge in [0.25, 0.3) is 0 Å². The number of hydrogen-bond donors (Lipinski definition) is 1. The molecule has 0 fully saturated rings. The second-order valence-corrected chi connectivity index (χ2v) is 3.58. The maximum Gasteiger partial charge on any atom is 0.146 e. The highest BCUT2D eigenvalue weighted by atomic mass is 16.5. The molecule has 0 unspecified atom stereocenters. The van der Waals surface area contributed by atoms with Gasteiger partial charge in [-0.15, -0.1) is 5.10 Å². The number of nitrogen functional groups attached to an aromatic ring is 1. The highest BCUT2D eigenvalue weighted by molar-refractivity contribution is 5.55. The van der Waals surface area contributed by atoms with Gasteiger partial charge in [-0.25, -0.2) is 0 Å². The molecule has 2 aromatic rings. The van der Waals surface area contributed by atoms with Crippen LogP contribution in [-0.4, -0.2) is 22.1 Å². The molecule has 2 N–H and O–H groups in total. The lowest BCUT2D eigenvalue weighted by atomic mass is 10.3. The van der Waals surface area contributed by atoms with E-state index in [2.05, 4.69) is 10.3 Å². The number of aryl methyl sites for hydroxylation is 1. The topological polar surface area (TPSA) is 75.2 Å². The van der Waals surface area contributed by atoms with Crippen molar-refractivity contribution in [3.05, 3.63) is 30.1 Å². The van der Waals surface area contributed by atoms with Crippen molar-refractivity contribution < 1.29 is 9.47 Å². The molecule has 6 heteroatoms. The zero-order valence-electron chi connectivity index (χ0n) is 9.75. The zero-order chi connectivity index (χ0) is 12.3. The average molecular weight is 234 g/mol. The van der Waals surface area contributed by atoms with Crippen LogP contribution in [0.5, 0.6) is 11.5 Å². The van der Waals surface area contributed by atoms with Crippen molar-refractivity contribution in [2.24, 2.45) is 7.05 Å². The first kappa shape index (κ1) is 11.3. The van der Waals surface area contributed by atoms with Crippen molar-refractivity contribution >= 4 is 5.69 Å². The first-order chi connectivity index (χ1) is 8.19. The van der Waals surface area contributed by atoms with Crippen LogP contribution < -0.4 is 15.2 Å². The molecule has 0 saturated carbocycles. The predicted molar refractivity (Wildman–Crippen MR) is 62.7 cm³/mol. The van der Waals surface area contributed by atoms with Crippen LogP contribution in [0.4, 0.5) is 5.69 Å². The first-order valence-corrected chi connectivity index (χ1v) is 5.10. The van der Waals surface area contributed by atoms with Crippen LogP contribution in [-0.2, 0) is 13.7 Å². The summed E-state index contributed by atoms with van der Waals surface area (Å²) in [6, 6.07) is 5.26. The smallest absolute Gasteiger partial charge is 0.146 e. The van der Waals surface area contributed by atoms with Crippen molar-refractivity contribution in [2.45, 2.75) is 6.61 Å². The lowest BCUT2D eigenvalue weighted by molar-refractivity contribution is 0.300. The van der Waals surface area contributed by atoms with E-state index >= 15 is 0 Å². The Bertz CT molecular complexity index is 510. The Morgan fingerprint density at radius 1 is 1.41 bits per heavy atom. The Morgan fingerprint density at radius 3 is 2.88 bits per heavy atom. The van der Waals surface area contributed by atoms with E-state index in [-0.39, 0.29) is 0 Å². The summed E-state index contributed by atoms with van der Waals surface area (Å²) in [4.78, 5) is 0. The van der Waals surface area contributed by atoms with E-state index in [1.807, 2.05) is 0 Å². The second kappa shape index (κ2) is 4.73. The molecule has 1 aromatic carbocycles. The molecule has 0 aliphatic rings. The van der Waals surface area contributed by atoms with Gasteiger partial charge in [0.05, 0.1) is 19.0 Å². The van der Waals surface area contributed by atoms with Crippen LogP contribution in [0.3, 0.4) is 0 Å². The molecule has 0 amide bonds. The normalized spacial score (nSPS) is 10.2. The number of nitrogens with zero attached hydrogens (tertiary/aromatic N) is 3. The number of anilines is 1. The van der Waals surface area contributed by atoms with E-state index in [4.69, 9.17) is 15.2 Å². The van der Waals surface area contributed by atoms with Crippen molar-refractivity contribution in [3.63, 3.8) is 0 Å². The van der Waals surface area contributed by atoms with Gasteiger partial charge in [0, 0.05) is 13.1 Å². The van der Waals surface area contributed by atoms with Crippen LogP contribution in [0, 0.1) is 0 Å². The van der Waals surface area contributed by atoms with Gasteiger partial charge >= 0.3 is 0 Å². The van der Waals surface area contributed by atoms with E-state index in [9.17, 15) is 0 Å². The minimum absolute atomic E-state index is 0.325. The average Bonchev–Trinajstić information content (AvgIpc) is 2.74. The van der Waals surface area contributed by atoms with E-state index in [0.717, 1.165) is 5.69 Å². The third-order valence-electron chi connectivity index (χ3n) is 2.25. The first-order valence-electron chi connectivity index (χ1n) is 5.10. The highest BCUT2D eigenvalue weighted by Gasteiger charge is 2.05. The number of rotatable bonds is 4. The van der Waals surface area contributed by atoms with Gasteiger partial charge in [-0.3, -0.25) is 4.68 Å². The monoisotopic (exact) mass is 234 g/mol. The number of hydrogen-bond acceptors (Lipinski definition) is 5. The number of benzene rings is 1. The van der Waals surface area contributed by atoms with Gasteiger partial charge < -0.3 is 15.2 Å². The summed E-state index contributed by atoms with van der Waals surface area (Å²) < 4.78 is 12.3. The van der Waals surface area contributed by atoms with Gasteiger partial charge in [0.2, 0.25) is 0 Å². The number of nitrogens with two attached hydrogens (primary N) is 1. The molecule has 0 radical (unpaired) electrons. The lowest BCUT2D eigenvalue weighted by Crippen LogP contribution is -1.99. The molecule has 0 aliphatic carbocycles. The standard InChI is InChI=1S/C11H14N4O2/c1-15-6-8(13-14-15)7-17-11-5-9(16-2)3-4-10(11)12/h3-6H,7,12H2,1-2H3. The minimum atomic E-state index is 0.325. The maximum atomic E-state index is 5.79. The molecule has 17 heavy (non-hydrogen) atoms. The molecule has 2 rings (SSSR count). The molecule has 1 aromatic heterocycles. The SMILES string of the molecule is COc1ccc(N)c(OCc2cn(C)nn2)c1. The summed E-state index contributed by atoms with van der Waals surface area (Å²) in [5, 5.41) is 7.73. The van der Waals surface area contributed by atoms with E-state index < -0.39 is 0 Å². The molecule has 90 valence electrons. The number of methoxy groups -OCH3 is 1. The van der Waals surface area contributed by atoms with Gasteiger partial charge in [-0.2, -0.15) is 0 Å². The predicted octanol–water partition coefficient (Wildman–Crippen LogP) is 0.985. The lowest BCUT2D eigenvalue weighted by Gasteiger charge is -2.08. The van der Waals surface area contributed by atoms with Crippen molar-refractivity contribution in [3.8, 4) is 11.5 Å². The van der Waals surface area contributed by atoms with Gasteiger partial charge in [-0.05, 0) is 12.1 Å². The fourth-order valence-electron chi connectivity index (χ4n) is 1.38. The molecule has 0 spiro atoms. The van der Waals surface area contributed by atoms with Gasteiger partial charge in [-0.1, -0.05) is 5.21 Å². The minimum Gasteiger partial charge on any atom is -0.497 e. The Balaban J connectivity index is 2.07. The van der Waals surface area contributed by atoms with Gasteiger partial charge in [0.15, 0.2) is 0 Å². The second-order valence-electron chi connectivity index (χ2n) is 3.58. The summed E-state index contributed by atoms with van der Waals surface area (Å²) in [5.74, 6) is 1.28. The van der Waals surface area contributed by atoms with E-state index in [0.29, 0.717) is 23.8 Å². The molecule has 0 saturated heterocycles. The van der Waals surface area contributed by atoms with Crippen LogP contribution in [0.1, 0.15) is 5.69 Å². The van der Waals surface area contributed by atoms with Crippen molar-refractivity contribution in [2.75, 3.05) is 12.8 Å². The van der Waals surface area contributed by atoms with Crippen LogP contribution in [0.2, 0.25) is 0 Å². The largest absolute Gasteiger partial charge is 0.497 e. The fourth-order valence-corrected chi connectivity index (χ4v) is 1.38. The third kappa shape index (κ3) is 2.66. The van der Waals surface area contributed by atoms with Crippen molar-refractivity contribution in [1.29, 1.82) is 0 Å². The van der Waals surface area contributed by atoms with E-state index in [1.165, 1.54) is 0 Å². The number of ether oxygens (including phenoxy) is 2. The van der Waals surface area contributed by atoms with Crippen molar-refractivity contribution in [1.82, 2.24) is 15.0 Å². The Labute approximate surface area is 98.9 Å². The molecular formula is C11H14N4O2. The Hall–Kier alpha value is -2.24. The maximum absolute atomic E-state index is 5.79. The Morgan fingerprint density at radius 2 is 2.24 bits per heavy atom. The summed E-state index contributed by atoms with van der Waals surface area (Å²) in [6.07, 6.45) is 1.79. The zero-order valence-corrected chi connectivity index (χ0v) is 9.75. The van der Waals surface area contributed by atoms with Crippen LogP contribution in [0.25, 0.3) is 0 Å². The summed E-state index contributed by atoms with van der Waals surface area (Å²) in [5.41, 5.74) is 7.10. The Kier molecular flexibility index (Phi) is 3.13.